The van der Waals surface area contributed by atoms with Crippen LogP contribution in [0.2, 0.25) is 0 Å². The smallest absolute Gasteiger partial charge is 0.187 e. The second-order valence-corrected chi connectivity index (χ2v) is 9.33. The van der Waals surface area contributed by atoms with Crippen LogP contribution >= 0.6 is 0 Å². The van der Waals surface area contributed by atoms with Crippen molar-refractivity contribution in [3.8, 4) is 17.6 Å². The highest BCUT2D eigenvalue weighted by Crippen LogP contribution is 2.39. The summed E-state index contributed by atoms with van der Waals surface area (Å²) < 4.78 is 11.9. The highest BCUT2D eigenvalue weighted by molar-refractivity contribution is 6.00. The molecule has 0 bridgehead atoms. The molecule has 0 atom stereocenters. The second-order valence-electron chi connectivity index (χ2n) is 9.33. The largest absolute Gasteiger partial charge is 0.491 e. The van der Waals surface area contributed by atoms with Gasteiger partial charge in [-0.25, -0.2) is 0 Å². The Morgan fingerprint density at radius 3 is 2.68 bits per heavy atom. The summed E-state index contributed by atoms with van der Waals surface area (Å²) in [7, 11) is 3.83. The summed E-state index contributed by atoms with van der Waals surface area (Å²) in [6.45, 7) is 7.16. The van der Waals surface area contributed by atoms with E-state index in [2.05, 4.69) is 54.3 Å². The maximum atomic E-state index is 9.73. The number of benzene rings is 2. The molecule has 0 radical (unpaired) electrons. The van der Waals surface area contributed by atoms with Crippen LogP contribution in [-0.4, -0.2) is 43.7 Å². The summed E-state index contributed by atoms with van der Waals surface area (Å²) in [6, 6.07) is 12.4. The van der Waals surface area contributed by atoms with Crippen LogP contribution in [0.3, 0.4) is 0 Å². The lowest BCUT2D eigenvalue weighted by Gasteiger charge is -2.28. The normalized spacial score (nSPS) is 14.7. The van der Waals surface area contributed by atoms with E-state index in [0.717, 1.165) is 34.7 Å². The number of hydrogen-bond donors (Lipinski definition) is 1. The van der Waals surface area contributed by atoms with Gasteiger partial charge in [-0.15, -0.1) is 0 Å². The number of piperidine rings is 1. The standard InChI is InChI=1S/C28H34N4O2/c1-19-7-9-24(20(2)16-19)31-26-22(17-29)18-30-27-23(26)8-10-25(28(27)33-4)34-15-5-6-21-11-13-32(3)14-12-21/h7-10,16,18,21H,5-6,11-15H2,1-4H3,(H,30,31). The molecule has 1 aromatic heterocycles. The fraction of sp³-hybridized carbons (Fsp3) is 0.429. The Hall–Kier alpha value is -3.30. The fourth-order valence-electron chi connectivity index (χ4n) is 4.75. The van der Waals surface area contributed by atoms with Crippen LogP contribution in [0.5, 0.6) is 11.5 Å². The molecule has 6 nitrogen and oxygen atoms in total. The van der Waals surface area contributed by atoms with Gasteiger partial charge < -0.3 is 19.7 Å². The monoisotopic (exact) mass is 458 g/mol. The lowest BCUT2D eigenvalue weighted by Crippen LogP contribution is -2.30. The Morgan fingerprint density at radius 1 is 1.18 bits per heavy atom. The third kappa shape index (κ3) is 5.26. The molecular weight excluding hydrogens is 424 g/mol. The summed E-state index contributed by atoms with van der Waals surface area (Å²) in [5.41, 5.74) is 5.17. The van der Waals surface area contributed by atoms with Crippen LogP contribution in [0.25, 0.3) is 10.9 Å². The Balaban J connectivity index is 1.55. The molecule has 1 fully saturated rings. The number of rotatable bonds is 8. The van der Waals surface area contributed by atoms with E-state index in [1.165, 1.54) is 37.9 Å². The molecule has 1 aliphatic rings. The zero-order valence-electron chi connectivity index (χ0n) is 20.6. The van der Waals surface area contributed by atoms with Crippen molar-refractivity contribution in [3.05, 3.63) is 53.2 Å². The number of pyridine rings is 1. The van der Waals surface area contributed by atoms with Gasteiger partial charge in [0.25, 0.3) is 0 Å². The van der Waals surface area contributed by atoms with Gasteiger partial charge >= 0.3 is 0 Å². The minimum absolute atomic E-state index is 0.487. The average molecular weight is 459 g/mol. The molecule has 4 rings (SSSR count). The molecule has 1 aliphatic heterocycles. The van der Waals surface area contributed by atoms with Gasteiger partial charge in [0.1, 0.15) is 11.6 Å². The molecule has 3 aromatic rings. The molecule has 1 saturated heterocycles. The SMILES string of the molecule is COc1c(OCCCC2CCN(C)CC2)ccc2c(Nc3ccc(C)cc3C)c(C#N)cnc12. The van der Waals surface area contributed by atoms with Crippen molar-refractivity contribution in [2.45, 2.75) is 39.5 Å². The fourth-order valence-corrected chi connectivity index (χ4v) is 4.75. The number of nitrogens with one attached hydrogen (secondary N) is 1. The van der Waals surface area contributed by atoms with Crippen molar-refractivity contribution in [3.63, 3.8) is 0 Å². The number of methoxy groups -OCH3 is 1. The highest BCUT2D eigenvalue weighted by atomic mass is 16.5. The van der Waals surface area contributed by atoms with E-state index in [4.69, 9.17) is 9.47 Å². The molecule has 2 aromatic carbocycles. The summed E-state index contributed by atoms with van der Waals surface area (Å²) in [4.78, 5) is 6.96. The molecule has 2 heterocycles. The van der Waals surface area contributed by atoms with Gasteiger partial charge in [0.15, 0.2) is 11.5 Å². The van der Waals surface area contributed by atoms with Gasteiger partial charge in [-0.1, -0.05) is 17.7 Å². The molecule has 0 unspecified atom stereocenters. The molecule has 1 N–H and O–H groups in total. The Kier molecular flexibility index (Phi) is 7.54. The first-order valence-electron chi connectivity index (χ1n) is 12.1. The first-order chi connectivity index (χ1) is 16.5. The van der Waals surface area contributed by atoms with Crippen LogP contribution in [-0.2, 0) is 0 Å². The van der Waals surface area contributed by atoms with Crippen molar-refractivity contribution in [1.82, 2.24) is 9.88 Å². The van der Waals surface area contributed by atoms with Crippen LogP contribution in [0.1, 0.15) is 42.4 Å². The van der Waals surface area contributed by atoms with Gasteiger partial charge in [-0.05, 0) is 89.3 Å². The van der Waals surface area contributed by atoms with Gasteiger partial charge in [0.2, 0.25) is 0 Å². The van der Waals surface area contributed by atoms with Crippen LogP contribution in [0.4, 0.5) is 11.4 Å². The van der Waals surface area contributed by atoms with Crippen LogP contribution in [0.15, 0.2) is 36.5 Å². The van der Waals surface area contributed by atoms with E-state index in [1.807, 2.05) is 18.2 Å². The average Bonchev–Trinajstić information content (AvgIpc) is 2.84. The highest BCUT2D eigenvalue weighted by Gasteiger charge is 2.18. The zero-order valence-corrected chi connectivity index (χ0v) is 20.6. The second kappa shape index (κ2) is 10.8. The minimum atomic E-state index is 0.487. The topological polar surface area (TPSA) is 70.4 Å². The quantitative estimate of drug-likeness (QED) is 0.419. The number of hydrogen-bond acceptors (Lipinski definition) is 6. The molecule has 6 heteroatoms. The molecular formula is C28H34N4O2. The first-order valence-corrected chi connectivity index (χ1v) is 12.1. The van der Waals surface area contributed by atoms with Gasteiger partial charge in [-0.2, -0.15) is 5.26 Å². The van der Waals surface area contributed by atoms with Crippen molar-refractivity contribution in [2.24, 2.45) is 5.92 Å². The number of anilines is 2. The Labute approximate surface area is 202 Å². The van der Waals surface area contributed by atoms with Crippen molar-refractivity contribution < 1.29 is 9.47 Å². The minimum Gasteiger partial charge on any atom is -0.491 e. The van der Waals surface area contributed by atoms with Crippen LogP contribution in [0, 0.1) is 31.1 Å². The lowest BCUT2D eigenvalue weighted by atomic mass is 9.93. The molecule has 34 heavy (non-hydrogen) atoms. The molecule has 0 aliphatic carbocycles. The van der Waals surface area contributed by atoms with E-state index >= 15 is 0 Å². The zero-order chi connectivity index (χ0) is 24.1. The van der Waals surface area contributed by atoms with Gasteiger partial charge in [0.05, 0.1) is 25.0 Å². The number of likely N-dealkylation sites (tertiary alicyclic amines) is 1. The van der Waals surface area contributed by atoms with E-state index < -0.39 is 0 Å². The first kappa shape index (κ1) is 23.8. The van der Waals surface area contributed by atoms with E-state index in [1.54, 1.807) is 13.3 Å². The third-order valence-electron chi connectivity index (χ3n) is 6.78. The van der Waals surface area contributed by atoms with Gasteiger partial charge in [-0.3, -0.25) is 4.98 Å². The Bertz CT molecular complexity index is 1190. The molecule has 0 spiro atoms. The Morgan fingerprint density at radius 2 is 1.97 bits per heavy atom. The number of nitrogens with zero attached hydrogens (tertiary/aromatic N) is 3. The van der Waals surface area contributed by atoms with Crippen molar-refractivity contribution >= 4 is 22.3 Å². The molecule has 178 valence electrons. The predicted octanol–water partition coefficient (Wildman–Crippen LogP) is 5.98. The van der Waals surface area contributed by atoms with Gasteiger partial charge in [0, 0.05) is 17.3 Å². The van der Waals surface area contributed by atoms with Crippen molar-refractivity contribution in [1.29, 1.82) is 5.26 Å². The summed E-state index contributed by atoms with van der Waals surface area (Å²) in [5, 5.41) is 14.0. The summed E-state index contributed by atoms with van der Waals surface area (Å²) >= 11 is 0. The van der Waals surface area contributed by atoms with E-state index in [0.29, 0.717) is 29.2 Å². The maximum absolute atomic E-state index is 9.73. The molecule has 0 saturated carbocycles. The lowest BCUT2D eigenvalue weighted by molar-refractivity contribution is 0.199. The van der Waals surface area contributed by atoms with E-state index in [9.17, 15) is 5.26 Å². The summed E-state index contributed by atoms with van der Waals surface area (Å²) in [5.74, 6) is 2.08. The number of nitriles is 1. The number of aryl methyl sites for hydroxylation is 2. The number of fused-ring (bicyclic) bond motifs is 1. The third-order valence-corrected chi connectivity index (χ3v) is 6.78. The maximum Gasteiger partial charge on any atom is 0.187 e. The predicted molar refractivity (Wildman–Crippen MR) is 137 cm³/mol. The summed E-state index contributed by atoms with van der Waals surface area (Å²) in [6.07, 6.45) is 6.36. The van der Waals surface area contributed by atoms with E-state index in [-0.39, 0.29) is 0 Å². The number of aromatic nitrogens is 1. The van der Waals surface area contributed by atoms with Crippen molar-refractivity contribution in [2.75, 3.05) is 39.2 Å². The molecule has 0 amide bonds. The number of ether oxygens (including phenoxy) is 2. The van der Waals surface area contributed by atoms with Crippen LogP contribution < -0.4 is 14.8 Å².